The van der Waals surface area contributed by atoms with E-state index in [1.165, 1.54) is 11.8 Å². The normalized spacial score (nSPS) is 12.1. The maximum Gasteiger partial charge on any atom is 0.345 e. The van der Waals surface area contributed by atoms with Crippen LogP contribution in [0.3, 0.4) is 0 Å². The second kappa shape index (κ2) is 13.7. The fourth-order valence-corrected chi connectivity index (χ4v) is 5.26. The zero-order chi connectivity index (χ0) is 24.9. The topological polar surface area (TPSA) is 82.1 Å². The van der Waals surface area contributed by atoms with Gasteiger partial charge in [-0.2, -0.15) is 0 Å². The minimum absolute atomic E-state index is 0.0284. The minimum atomic E-state index is -1.30. The van der Waals surface area contributed by atoms with Crippen molar-refractivity contribution in [3.63, 3.8) is 0 Å². The SMILES string of the molecule is COCCOCCC(=O)O[C@@H](CSC(c1ccccc1)(c1ccccc1)c1ccccc1)C(=O)O. The molecule has 0 saturated carbocycles. The van der Waals surface area contributed by atoms with Gasteiger partial charge in [-0.05, 0) is 16.7 Å². The molecule has 0 unspecified atom stereocenters. The van der Waals surface area contributed by atoms with Crippen LogP contribution in [-0.4, -0.2) is 55.8 Å². The number of carboxylic acids is 1. The lowest BCUT2D eigenvalue weighted by atomic mass is 9.84. The third-order valence-corrected chi connectivity index (χ3v) is 7.03. The number of hydrogen-bond acceptors (Lipinski definition) is 6. The first kappa shape index (κ1) is 26.5. The van der Waals surface area contributed by atoms with Crippen LogP contribution in [0.5, 0.6) is 0 Å². The van der Waals surface area contributed by atoms with Crippen LogP contribution in [0.2, 0.25) is 0 Å². The Morgan fingerprint density at radius 3 is 1.71 bits per heavy atom. The van der Waals surface area contributed by atoms with E-state index in [1.807, 2.05) is 91.0 Å². The van der Waals surface area contributed by atoms with Gasteiger partial charge in [0.2, 0.25) is 6.10 Å². The smallest absolute Gasteiger partial charge is 0.345 e. The number of carbonyl (C=O) groups excluding carboxylic acids is 1. The standard InChI is InChI=1S/C28H30O6S/c1-32-19-20-33-18-17-26(29)34-25(27(30)31)21-35-28(22-11-5-2-6-12-22,23-13-7-3-8-14-23)24-15-9-4-10-16-24/h2-16,25H,17-21H2,1H3,(H,30,31)/t25-/m0/s1. The molecule has 0 fully saturated rings. The van der Waals surface area contributed by atoms with E-state index in [1.54, 1.807) is 7.11 Å². The van der Waals surface area contributed by atoms with E-state index in [0.717, 1.165) is 16.7 Å². The molecule has 3 aromatic carbocycles. The molecule has 3 rings (SSSR count). The lowest BCUT2D eigenvalue weighted by Crippen LogP contribution is -2.33. The largest absolute Gasteiger partial charge is 0.478 e. The van der Waals surface area contributed by atoms with E-state index in [0.29, 0.717) is 13.2 Å². The van der Waals surface area contributed by atoms with E-state index >= 15 is 0 Å². The van der Waals surface area contributed by atoms with Gasteiger partial charge in [0.05, 0.1) is 31.0 Å². The van der Waals surface area contributed by atoms with Crippen molar-refractivity contribution in [3.8, 4) is 0 Å². The number of thioether (sulfide) groups is 1. The van der Waals surface area contributed by atoms with Crippen molar-refractivity contribution < 1.29 is 28.9 Å². The highest BCUT2D eigenvalue weighted by Gasteiger charge is 2.39. The van der Waals surface area contributed by atoms with Crippen molar-refractivity contribution in [3.05, 3.63) is 108 Å². The zero-order valence-corrected chi connectivity index (χ0v) is 20.5. The first-order valence-electron chi connectivity index (χ1n) is 11.4. The molecule has 0 aliphatic heterocycles. The number of esters is 1. The average molecular weight is 495 g/mol. The highest BCUT2D eigenvalue weighted by atomic mass is 32.2. The van der Waals surface area contributed by atoms with Crippen molar-refractivity contribution in [1.82, 2.24) is 0 Å². The molecule has 0 aromatic heterocycles. The molecule has 1 N–H and O–H groups in total. The summed E-state index contributed by atoms with van der Waals surface area (Å²) < 4.78 is 14.8. The summed E-state index contributed by atoms with van der Waals surface area (Å²) in [5.41, 5.74) is 3.01. The van der Waals surface area contributed by atoms with E-state index in [4.69, 9.17) is 14.2 Å². The van der Waals surface area contributed by atoms with Crippen LogP contribution in [0.15, 0.2) is 91.0 Å². The Kier molecular flexibility index (Phi) is 10.3. The third kappa shape index (κ3) is 7.18. The van der Waals surface area contributed by atoms with Gasteiger partial charge in [-0.3, -0.25) is 4.79 Å². The molecule has 35 heavy (non-hydrogen) atoms. The molecule has 3 aromatic rings. The van der Waals surface area contributed by atoms with Crippen molar-refractivity contribution in [2.75, 3.05) is 32.7 Å². The number of carboxylic acid groups (broad SMARTS) is 1. The molecule has 0 spiro atoms. The molecule has 0 amide bonds. The van der Waals surface area contributed by atoms with Gasteiger partial charge in [0, 0.05) is 12.9 Å². The molecule has 184 valence electrons. The van der Waals surface area contributed by atoms with E-state index in [2.05, 4.69) is 0 Å². The summed E-state index contributed by atoms with van der Waals surface area (Å²) in [6.45, 7) is 0.920. The van der Waals surface area contributed by atoms with Gasteiger partial charge < -0.3 is 19.3 Å². The lowest BCUT2D eigenvalue weighted by Gasteiger charge is -2.36. The van der Waals surface area contributed by atoms with E-state index in [-0.39, 0.29) is 18.8 Å². The summed E-state index contributed by atoms with van der Waals surface area (Å²) in [4.78, 5) is 24.4. The Hall–Kier alpha value is -3.13. The first-order chi connectivity index (χ1) is 17.1. The van der Waals surface area contributed by atoms with Gasteiger partial charge in [0.25, 0.3) is 0 Å². The van der Waals surface area contributed by atoms with Crippen molar-refractivity contribution in [2.45, 2.75) is 17.3 Å². The second-order valence-corrected chi connectivity index (χ2v) is 9.00. The molecule has 0 aliphatic carbocycles. The Labute approximate surface area is 210 Å². The van der Waals surface area contributed by atoms with Crippen LogP contribution in [0.1, 0.15) is 23.1 Å². The number of aliphatic carboxylic acids is 1. The van der Waals surface area contributed by atoms with Crippen molar-refractivity contribution in [2.24, 2.45) is 0 Å². The number of benzene rings is 3. The quantitative estimate of drug-likeness (QED) is 0.197. The zero-order valence-electron chi connectivity index (χ0n) is 19.7. The van der Waals surface area contributed by atoms with Crippen LogP contribution in [0.4, 0.5) is 0 Å². The van der Waals surface area contributed by atoms with Crippen LogP contribution >= 0.6 is 11.8 Å². The molecular weight excluding hydrogens is 464 g/mol. The maximum atomic E-state index is 12.3. The number of methoxy groups -OCH3 is 1. The summed E-state index contributed by atoms with van der Waals surface area (Å²) in [5, 5.41) is 9.83. The Morgan fingerprint density at radius 1 is 0.800 bits per heavy atom. The molecular formula is C28H30O6S. The molecule has 0 bridgehead atoms. The highest BCUT2D eigenvalue weighted by Crippen LogP contribution is 2.48. The van der Waals surface area contributed by atoms with Gasteiger partial charge in [-0.1, -0.05) is 91.0 Å². The van der Waals surface area contributed by atoms with Gasteiger partial charge in [0.1, 0.15) is 0 Å². The molecule has 6 nitrogen and oxygen atoms in total. The van der Waals surface area contributed by atoms with E-state index in [9.17, 15) is 14.7 Å². The molecule has 7 heteroatoms. The fourth-order valence-electron chi connectivity index (χ4n) is 3.74. The maximum absolute atomic E-state index is 12.3. The highest BCUT2D eigenvalue weighted by molar-refractivity contribution is 8.00. The number of ether oxygens (including phenoxy) is 3. The molecule has 0 heterocycles. The van der Waals surface area contributed by atoms with E-state index < -0.39 is 22.8 Å². The minimum Gasteiger partial charge on any atom is -0.478 e. The Balaban J connectivity index is 1.87. The molecule has 0 aliphatic rings. The van der Waals surface area contributed by atoms with Gasteiger partial charge in [0.15, 0.2) is 0 Å². The molecule has 1 atom stereocenters. The summed E-state index contributed by atoms with van der Waals surface area (Å²) in [5.74, 6) is -1.74. The Morgan fingerprint density at radius 2 is 1.29 bits per heavy atom. The fraction of sp³-hybridized carbons (Fsp3) is 0.286. The predicted octanol–water partition coefficient (Wildman–Crippen LogP) is 4.76. The second-order valence-electron chi connectivity index (χ2n) is 7.76. The van der Waals surface area contributed by atoms with Gasteiger partial charge >= 0.3 is 11.9 Å². The van der Waals surface area contributed by atoms with Crippen LogP contribution in [-0.2, 0) is 28.5 Å². The molecule has 0 radical (unpaired) electrons. The number of rotatable bonds is 14. The van der Waals surface area contributed by atoms with Gasteiger partial charge in [-0.15, -0.1) is 11.8 Å². The molecule has 0 saturated heterocycles. The van der Waals surface area contributed by atoms with Crippen molar-refractivity contribution in [1.29, 1.82) is 0 Å². The van der Waals surface area contributed by atoms with Crippen LogP contribution in [0, 0.1) is 0 Å². The summed E-state index contributed by atoms with van der Waals surface area (Å²) in [6.07, 6.45) is -1.33. The lowest BCUT2D eigenvalue weighted by molar-refractivity contribution is -0.163. The first-order valence-corrected chi connectivity index (χ1v) is 12.4. The predicted molar refractivity (Wildman–Crippen MR) is 136 cm³/mol. The van der Waals surface area contributed by atoms with Crippen molar-refractivity contribution >= 4 is 23.7 Å². The number of hydrogen-bond donors (Lipinski definition) is 1. The van der Waals surface area contributed by atoms with Crippen LogP contribution in [0.25, 0.3) is 0 Å². The number of carbonyl (C=O) groups is 2. The summed E-state index contributed by atoms with van der Waals surface area (Å²) in [7, 11) is 1.56. The monoisotopic (exact) mass is 494 g/mol. The third-order valence-electron chi connectivity index (χ3n) is 5.42. The summed E-state index contributed by atoms with van der Waals surface area (Å²) in [6, 6.07) is 29.9. The van der Waals surface area contributed by atoms with Crippen LogP contribution < -0.4 is 0 Å². The average Bonchev–Trinajstić information content (AvgIpc) is 2.90. The summed E-state index contributed by atoms with van der Waals surface area (Å²) >= 11 is 1.44. The van der Waals surface area contributed by atoms with Gasteiger partial charge in [-0.25, -0.2) is 4.79 Å². The Bertz CT molecular complexity index is 946.